The highest BCUT2D eigenvalue weighted by atomic mass is 16.2. The largest absolute Gasteiger partial charge is 0.370 e. The third-order valence-corrected chi connectivity index (χ3v) is 4.05. The Kier molecular flexibility index (Phi) is 5.56. The predicted octanol–water partition coefficient (Wildman–Crippen LogP) is 1.97. The van der Waals surface area contributed by atoms with Crippen molar-refractivity contribution in [3.8, 4) is 0 Å². The summed E-state index contributed by atoms with van der Waals surface area (Å²) in [6.07, 6.45) is 7.63. The van der Waals surface area contributed by atoms with E-state index in [1.165, 1.54) is 6.42 Å². The first-order valence-corrected chi connectivity index (χ1v) is 7.84. The molecule has 5 nitrogen and oxygen atoms in total. The minimum Gasteiger partial charge on any atom is -0.370 e. The Balaban J connectivity index is 1.63. The van der Waals surface area contributed by atoms with E-state index in [4.69, 9.17) is 5.73 Å². The lowest BCUT2D eigenvalue weighted by atomic mass is 9.82. The molecule has 0 bridgehead atoms. The zero-order valence-corrected chi connectivity index (χ0v) is 12.8. The molecule has 1 saturated carbocycles. The lowest BCUT2D eigenvalue weighted by Gasteiger charge is -2.31. The van der Waals surface area contributed by atoms with E-state index < -0.39 is 5.54 Å². The average molecular weight is 290 g/mol. The molecule has 0 saturated heterocycles. The van der Waals surface area contributed by atoms with Crippen LogP contribution in [-0.2, 0) is 4.79 Å². The number of aryl methyl sites for hydroxylation is 1. The minimum absolute atomic E-state index is 0.00987. The fourth-order valence-corrected chi connectivity index (χ4v) is 2.66. The second-order valence-electron chi connectivity index (χ2n) is 5.97. The number of rotatable bonds is 6. The Morgan fingerprint density at radius 2 is 2.05 bits per heavy atom. The van der Waals surface area contributed by atoms with Crippen LogP contribution in [0.25, 0.3) is 0 Å². The summed E-state index contributed by atoms with van der Waals surface area (Å²) >= 11 is 0. The maximum Gasteiger partial charge on any atom is 0.240 e. The summed E-state index contributed by atoms with van der Waals surface area (Å²) in [7, 11) is 0. The van der Waals surface area contributed by atoms with Crippen LogP contribution < -0.4 is 16.4 Å². The molecule has 5 heteroatoms. The first-order valence-electron chi connectivity index (χ1n) is 7.84. The standard InChI is InChI=1S/C16H26N4O/c1-13-6-7-14(20-12-13)18-10-5-11-19-15(21)16(17)8-3-2-4-9-16/h6-7,12H,2-5,8-11,17H2,1H3,(H,18,20)(H,19,21). The van der Waals surface area contributed by atoms with Crippen LogP contribution in [0.1, 0.15) is 44.1 Å². The number of carbonyl (C=O) groups is 1. The van der Waals surface area contributed by atoms with Crippen molar-refractivity contribution in [1.82, 2.24) is 10.3 Å². The summed E-state index contributed by atoms with van der Waals surface area (Å²) in [6, 6.07) is 3.99. The average Bonchev–Trinajstić information content (AvgIpc) is 2.49. The van der Waals surface area contributed by atoms with E-state index in [0.717, 1.165) is 50.0 Å². The fourth-order valence-electron chi connectivity index (χ4n) is 2.66. The SMILES string of the molecule is Cc1ccc(NCCCNC(=O)C2(N)CCCCC2)nc1. The van der Waals surface area contributed by atoms with Crippen molar-refractivity contribution in [3.05, 3.63) is 23.9 Å². The number of carbonyl (C=O) groups excluding carboxylic acids is 1. The van der Waals surface area contributed by atoms with Crippen molar-refractivity contribution in [2.75, 3.05) is 18.4 Å². The van der Waals surface area contributed by atoms with E-state index in [2.05, 4.69) is 15.6 Å². The molecule has 0 aromatic carbocycles. The minimum atomic E-state index is -0.635. The molecule has 1 aromatic rings. The van der Waals surface area contributed by atoms with Gasteiger partial charge in [0, 0.05) is 19.3 Å². The van der Waals surface area contributed by atoms with Crippen molar-refractivity contribution in [2.45, 2.75) is 51.0 Å². The van der Waals surface area contributed by atoms with Crippen molar-refractivity contribution in [1.29, 1.82) is 0 Å². The van der Waals surface area contributed by atoms with Gasteiger partial charge in [0.25, 0.3) is 0 Å². The number of hydrogen-bond donors (Lipinski definition) is 3. The van der Waals surface area contributed by atoms with Crippen LogP contribution in [0.4, 0.5) is 5.82 Å². The second-order valence-corrected chi connectivity index (χ2v) is 5.97. The van der Waals surface area contributed by atoms with Gasteiger partial charge in [-0.2, -0.15) is 0 Å². The van der Waals surface area contributed by atoms with Crippen molar-refractivity contribution < 1.29 is 4.79 Å². The number of pyridine rings is 1. The van der Waals surface area contributed by atoms with E-state index in [9.17, 15) is 4.79 Å². The lowest BCUT2D eigenvalue weighted by molar-refractivity contribution is -0.127. The number of hydrogen-bond acceptors (Lipinski definition) is 4. The molecule has 0 aliphatic heterocycles. The molecule has 4 N–H and O–H groups in total. The van der Waals surface area contributed by atoms with Crippen molar-refractivity contribution in [2.24, 2.45) is 5.73 Å². The Morgan fingerprint density at radius 3 is 2.71 bits per heavy atom. The summed E-state index contributed by atoms with van der Waals surface area (Å²) in [5.41, 5.74) is 6.70. The molecular formula is C16H26N4O. The van der Waals surface area contributed by atoms with Crippen LogP contribution >= 0.6 is 0 Å². The molecule has 1 heterocycles. The Labute approximate surface area is 126 Å². The van der Waals surface area contributed by atoms with Gasteiger partial charge in [0.05, 0.1) is 5.54 Å². The van der Waals surface area contributed by atoms with Gasteiger partial charge in [-0.25, -0.2) is 4.98 Å². The molecule has 1 aliphatic carbocycles. The van der Waals surface area contributed by atoms with E-state index in [1.54, 1.807) is 0 Å². The zero-order chi connectivity index (χ0) is 15.1. The number of anilines is 1. The number of nitrogens with zero attached hydrogens (tertiary/aromatic N) is 1. The first-order chi connectivity index (χ1) is 10.1. The molecular weight excluding hydrogens is 264 g/mol. The molecule has 0 spiro atoms. The number of nitrogens with two attached hydrogens (primary N) is 1. The third kappa shape index (κ3) is 4.70. The zero-order valence-electron chi connectivity index (χ0n) is 12.8. The summed E-state index contributed by atoms with van der Waals surface area (Å²) < 4.78 is 0. The summed E-state index contributed by atoms with van der Waals surface area (Å²) in [6.45, 7) is 3.45. The van der Waals surface area contributed by atoms with Crippen LogP contribution in [-0.4, -0.2) is 29.5 Å². The predicted molar refractivity (Wildman–Crippen MR) is 85.1 cm³/mol. The Morgan fingerprint density at radius 1 is 1.29 bits per heavy atom. The van der Waals surface area contributed by atoms with Crippen LogP contribution in [0.2, 0.25) is 0 Å². The maximum absolute atomic E-state index is 12.1. The van der Waals surface area contributed by atoms with Gasteiger partial charge in [0.1, 0.15) is 5.82 Å². The Hall–Kier alpha value is -1.62. The quantitative estimate of drug-likeness (QED) is 0.700. The molecule has 0 atom stereocenters. The van der Waals surface area contributed by atoms with E-state index in [0.29, 0.717) is 6.54 Å². The van der Waals surface area contributed by atoms with Gasteiger partial charge in [0.15, 0.2) is 0 Å². The van der Waals surface area contributed by atoms with Gasteiger partial charge in [-0.3, -0.25) is 4.79 Å². The Bertz CT molecular complexity index is 452. The molecule has 0 unspecified atom stereocenters. The number of amides is 1. The van der Waals surface area contributed by atoms with Gasteiger partial charge in [0.2, 0.25) is 5.91 Å². The van der Waals surface area contributed by atoms with Crippen LogP contribution in [0.15, 0.2) is 18.3 Å². The smallest absolute Gasteiger partial charge is 0.240 e. The second kappa shape index (κ2) is 7.41. The summed E-state index contributed by atoms with van der Waals surface area (Å²) in [5, 5.41) is 6.20. The number of aromatic nitrogens is 1. The number of nitrogens with one attached hydrogen (secondary N) is 2. The normalized spacial score (nSPS) is 17.2. The molecule has 2 rings (SSSR count). The topological polar surface area (TPSA) is 80.0 Å². The fraction of sp³-hybridized carbons (Fsp3) is 0.625. The van der Waals surface area contributed by atoms with Crippen LogP contribution in [0.3, 0.4) is 0 Å². The van der Waals surface area contributed by atoms with E-state index in [-0.39, 0.29) is 5.91 Å². The molecule has 1 amide bonds. The van der Waals surface area contributed by atoms with E-state index in [1.807, 2.05) is 25.3 Å². The van der Waals surface area contributed by atoms with Gasteiger partial charge in [-0.15, -0.1) is 0 Å². The highest BCUT2D eigenvalue weighted by molar-refractivity contribution is 5.86. The van der Waals surface area contributed by atoms with Crippen LogP contribution in [0, 0.1) is 6.92 Å². The van der Waals surface area contributed by atoms with E-state index >= 15 is 0 Å². The summed E-state index contributed by atoms with van der Waals surface area (Å²) in [4.78, 5) is 16.4. The highest BCUT2D eigenvalue weighted by Gasteiger charge is 2.34. The monoisotopic (exact) mass is 290 g/mol. The lowest BCUT2D eigenvalue weighted by Crippen LogP contribution is -2.55. The highest BCUT2D eigenvalue weighted by Crippen LogP contribution is 2.25. The molecule has 21 heavy (non-hydrogen) atoms. The molecule has 1 fully saturated rings. The van der Waals surface area contributed by atoms with Gasteiger partial charge in [-0.05, 0) is 37.8 Å². The van der Waals surface area contributed by atoms with Gasteiger partial charge < -0.3 is 16.4 Å². The summed E-state index contributed by atoms with van der Waals surface area (Å²) in [5.74, 6) is 0.880. The molecule has 1 aliphatic rings. The molecule has 1 aromatic heterocycles. The van der Waals surface area contributed by atoms with Crippen molar-refractivity contribution in [3.63, 3.8) is 0 Å². The van der Waals surface area contributed by atoms with Gasteiger partial charge in [-0.1, -0.05) is 25.3 Å². The molecule has 0 radical (unpaired) electrons. The first kappa shape index (κ1) is 15.8. The third-order valence-electron chi connectivity index (χ3n) is 4.05. The molecule has 116 valence electrons. The van der Waals surface area contributed by atoms with Crippen molar-refractivity contribution >= 4 is 11.7 Å². The van der Waals surface area contributed by atoms with Gasteiger partial charge >= 0.3 is 0 Å². The van der Waals surface area contributed by atoms with Crippen LogP contribution in [0.5, 0.6) is 0 Å². The maximum atomic E-state index is 12.1.